The summed E-state index contributed by atoms with van der Waals surface area (Å²) in [4.78, 5) is 36.3. The minimum Gasteiger partial charge on any atom is -0.335 e. The second-order valence-corrected chi connectivity index (χ2v) is 5.53. The van der Waals surface area contributed by atoms with Crippen LogP contribution in [0.2, 0.25) is 0 Å². The van der Waals surface area contributed by atoms with Gasteiger partial charge in [0.25, 0.3) is 0 Å². The number of halogens is 1. The molecule has 1 aliphatic rings. The SMILES string of the molecule is CN(CC(=O)NC(=O)NC1CC1)CC(=O)Nc1cccc(F)c1. The fraction of sp³-hybridized carbons (Fsp3) is 0.400. The highest BCUT2D eigenvalue weighted by Crippen LogP contribution is 2.18. The van der Waals surface area contributed by atoms with Gasteiger partial charge in [-0.1, -0.05) is 6.07 Å². The normalized spacial score (nSPS) is 13.5. The Bertz CT molecular complexity index is 604. The van der Waals surface area contributed by atoms with Crippen LogP contribution in [0.15, 0.2) is 24.3 Å². The minimum atomic E-state index is -0.518. The molecule has 0 aromatic heterocycles. The number of hydrogen-bond acceptors (Lipinski definition) is 4. The Morgan fingerprint density at radius 1 is 1.22 bits per heavy atom. The molecule has 0 aliphatic heterocycles. The first-order valence-corrected chi connectivity index (χ1v) is 7.26. The zero-order valence-corrected chi connectivity index (χ0v) is 12.8. The average Bonchev–Trinajstić information content (AvgIpc) is 3.21. The third-order valence-electron chi connectivity index (χ3n) is 3.10. The molecule has 0 heterocycles. The first-order chi connectivity index (χ1) is 10.9. The monoisotopic (exact) mass is 322 g/mol. The van der Waals surface area contributed by atoms with Crippen molar-refractivity contribution < 1.29 is 18.8 Å². The molecule has 23 heavy (non-hydrogen) atoms. The third-order valence-corrected chi connectivity index (χ3v) is 3.10. The number of amides is 4. The molecule has 2 rings (SSSR count). The van der Waals surface area contributed by atoms with Crippen molar-refractivity contribution in [2.24, 2.45) is 0 Å². The molecular weight excluding hydrogens is 303 g/mol. The summed E-state index contributed by atoms with van der Waals surface area (Å²) in [6.07, 6.45) is 1.86. The Hall–Kier alpha value is -2.48. The van der Waals surface area contributed by atoms with E-state index in [1.165, 1.54) is 23.1 Å². The molecule has 1 fully saturated rings. The van der Waals surface area contributed by atoms with E-state index in [0.717, 1.165) is 12.8 Å². The minimum absolute atomic E-state index is 0.0613. The van der Waals surface area contributed by atoms with Gasteiger partial charge in [0, 0.05) is 11.7 Å². The lowest BCUT2D eigenvalue weighted by atomic mass is 10.3. The summed E-state index contributed by atoms with van der Waals surface area (Å²) >= 11 is 0. The number of urea groups is 1. The zero-order chi connectivity index (χ0) is 16.8. The molecule has 1 saturated carbocycles. The molecule has 1 aliphatic carbocycles. The molecule has 7 nitrogen and oxygen atoms in total. The standard InChI is InChI=1S/C15H19FN4O3/c1-20(9-14(22)19-15(23)18-11-5-6-11)8-13(21)17-12-4-2-3-10(16)7-12/h2-4,7,11H,5-6,8-9H2,1H3,(H,17,21)(H2,18,19,22,23). The van der Waals surface area contributed by atoms with Crippen molar-refractivity contribution in [1.29, 1.82) is 0 Å². The van der Waals surface area contributed by atoms with Crippen LogP contribution in [0.5, 0.6) is 0 Å². The van der Waals surface area contributed by atoms with Gasteiger partial charge in [-0.3, -0.25) is 19.8 Å². The molecule has 4 amide bonds. The highest BCUT2D eigenvalue weighted by atomic mass is 19.1. The van der Waals surface area contributed by atoms with E-state index < -0.39 is 17.8 Å². The Morgan fingerprint density at radius 3 is 2.57 bits per heavy atom. The van der Waals surface area contributed by atoms with Gasteiger partial charge in [-0.2, -0.15) is 0 Å². The third kappa shape index (κ3) is 6.43. The van der Waals surface area contributed by atoms with E-state index in [0.29, 0.717) is 5.69 Å². The van der Waals surface area contributed by atoms with E-state index in [1.807, 2.05) is 0 Å². The van der Waals surface area contributed by atoms with Crippen LogP contribution in [0.3, 0.4) is 0 Å². The number of likely N-dealkylation sites (N-methyl/N-ethyl adjacent to an activating group) is 1. The molecule has 8 heteroatoms. The van der Waals surface area contributed by atoms with Gasteiger partial charge in [0.15, 0.2) is 0 Å². The van der Waals surface area contributed by atoms with Gasteiger partial charge >= 0.3 is 6.03 Å². The van der Waals surface area contributed by atoms with Crippen molar-refractivity contribution >= 4 is 23.5 Å². The lowest BCUT2D eigenvalue weighted by Crippen LogP contribution is -2.45. The molecule has 0 bridgehead atoms. The van der Waals surface area contributed by atoms with Crippen molar-refractivity contribution in [2.45, 2.75) is 18.9 Å². The van der Waals surface area contributed by atoms with Crippen molar-refractivity contribution in [2.75, 3.05) is 25.5 Å². The molecule has 0 saturated heterocycles. The van der Waals surface area contributed by atoms with E-state index in [2.05, 4.69) is 16.0 Å². The lowest BCUT2D eigenvalue weighted by molar-refractivity contribution is -0.122. The number of hydrogen-bond donors (Lipinski definition) is 3. The fourth-order valence-corrected chi connectivity index (χ4v) is 1.93. The van der Waals surface area contributed by atoms with E-state index >= 15 is 0 Å². The van der Waals surface area contributed by atoms with E-state index in [9.17, 15) is 18.8 Å². The first-order valence-electron chi connectivity index (χ1n) is 7.26. The van der Waals surface area contributed by atoms with Crippen molar-refractivity contribution in [1.82, 2.24) is 15.5 Å². The van der Waals surface area contributed by atoms with Crippen LogP contribution in [0, 0.1) is 5.82 Å². The summed E-state index contributed by atoms with van der Waals surface area (Å²) in [6.45, 7) is -0.164. The van der Waals surface area contributed by atoms with Gasteiger partial charge in [-0.05, 0) is 38.1 Å². The number of benzene rings is 1. The van der Waals surface area contributed by atoms with Gasteiger partial charge in [-0.25, -0.2) is 9.18 Å². The number of imide groups is 1. The highest BCUT2D eigenvalue weighted by molar-refractivity contribution is 5.96. The summed E-state index contributed by atoms with van der Waals surface area (Å²) in [5, 5.41) is 7.36. The van der Waals surface area contributed by atoms with Gasteiger partial charge in [0.05, 0.1) is 13.1 Å². The summed E-state index contributed by atoms with van der Waals surface area (Å²) in [7, 11) is 1.57. The van der Waals surface area contributed by atoms with E-state index in [1.54, 1.807) is 13.1 Å². The van der Waals surface area contributed by atoms with Crippen molar-refractivity contribution in [3.8, 4) is 0 Å². The Morgan fingerprint density at radius 2 is 1.91 bits per heavy atom. The topological polar surface area (TPSA) is 90.5 Å². The second-order valence-electron chi connectivity index (χ2n) is 5.53. The van der Waals surface area contributed by atoms with Gasteiger partial charge < -0.3 is 10.6 Å². The van der Waals surface area contributed by atoms with Gasteiger partial charge in [-0.15, -0.1) is 0 Å². The summed E-state index contributed by atoms with van der Waals surface area (Å²) in [6, 6.07) is 5.18. The Labute approximate surface area is 133 Å². The highest BCUT2D eigenvalue weighted by Gasteiger charge is 2.24. The summed E-state index contributed by atoms with van der Waals surface area (Å²) in [5.41, 5.74) is 0.344. The Balaban J connectivity index is 1.70. The molecule has 0 spiro atoms. The number of carbonyl (C=O) groups is 3. The van der Waals surface area contributed by atoms with Crippen LogP contribution in [0.1, 0.15) is 12.8 Å². The Kier molecular flexibility index (Phi) is 5.64. The van der Waals surface area contributed by atoms with Gasteiger partial charge in [0.1, 0.15) is 5.82 Å². The molecule has 0 atom stereocenters. The van der Waals surface area contributed by atoms with E-state index in [4.69, 9.17) is 0 Å². The van der Waals surface area contributed by atoms with Gasteiger partial charge in [0.2, 0.25) is 11.8 Å². The largest absolute Gasteiger partial charge is 0.335 e. The van der Waals surface area contributed by atoms with Crippen molar-refractivity contribution in [3.63, 3.8) is 0 Å². The average molecular weight is 322 g/mol. The zero-order valence-electron chi connectivity index (χ0n) is 12.8. The second kappa shape index (κ2) is 7.68. The molecule has 1 aromatic rings. The summed E-state index contributed by atoms with van der Waals surface area (Å²) in [5.74, 6) is -1.32. The van der Waals surface area contributed by atoms with Crippen LogP contribution in [0.25, 0.3) is 0 Å². The van der Waals surface area contributed by atoms with Crippen LogP contribution in [-0.4, -0.2) is 48.9 Å². The number of rotatable bonds is 6. The van der Waals surface area contributed by atoms with Crippen LogP contribution >= 0.6 is 0 Å². The first kappa shape index (κ1) is 16.9. The predicted molar refractivity (Wildman–Crippen MR) is 82.2 cm³/mol. The molecular formula is C15H19FN4O3. The maximum absolute atomic E-state index is 13.0. The number of nitrogens with one attached hydrogen (secondary N) is 3. The number of carbonyl (C=O) groups excluding carboxylic acids is 3. The predicted octanol–water partition coefficient (Wildman–Crippen LogP) is 0.684. The van der Waals surface area contributed by atoms with Crippen LogP contribution < -0.4 is 16.0 Å². The summed E-state index contributed by atoms with van der Waals surface area (Å²) < 4.78 is 13.0. The maximum atomic E-state index is 13.0. The van der Waals surface area contributed by atoms with Crippen LogP contribution in [0.4, 0.5) is 14.9 Å². The number of nitrogens with zero attached hydrogens (tertiary/aromatic N) is 1. The molecule has 3 N–H and O–H groups in total. The molecule has 1 aromatic carbocycles. The molecule has 0 unspecified atom stereocenters. The maximum Gasteiger partial charge on any atom is 0.321 e. The number of anilines is 1. The molecule has 0 radical (unpaired) electrons. The fourth-order valence-electron chi connectivity index (χ4n) is 1.93. The van der Waals surface area contributed by atoms with Crippen molar-refractivity contribution in [3.05, 3.63) is 30.1 Å². The van der Waals surface area contributed by atoms with E-state index in [-0.39, 0.29) is 25.0 Å². The molecule has 124 valence electrons. The smallest absolute Gasteiger partial charge is 0.321 e. The quantitative estimate of drug-likeness (QED) is 0.718. The van der Waals surface area contributed by atoms with Crippen LogP contribution in [-0.2, 0) is 9.59 Å². The lowest BCUT2D eigenvalue weighted by Gasteiger charge is -2.15.